The summed E-state index contributed by atoms with van der Waals surface area (Å²) in [4.78, 5) is 2.26. The second-order valence-corrected chi connectivity index (χ2v) is 3.28. The second-order valence-electron chi connectivity index (χ2n) is 3.28. The van der Waals surface area contributed by atoms with Crippen LogP contribution in [0.3, 0.4) is 0 Å². The number of likely N-dealkylation sites (N-methyl/N-ethyl adjacent to an activating group) is 1. The third-order valence-electron chi connectivity index (χ3n) is 2.55. The van der Waals surface area contributed by atoms with E-state index < -0.39 is 0 Å². The highest BCUT2D eigenvalue weighted by molar-refractivity contribution is 4.93. The van der Waals surface area contributed by atoms with Gasteiger partial charge in [0.25, 0.3) is 0 Å². The quantitative estimate of drug-likeness (QED) is 0.668. The van der Waals surface area contributed by atoms with E-state index in [1.54, 1.807) is 0 Å². The Balaban J connectivity index is 2.49. The van der Waals surface area contributed by atoms with Gasteiger partial charge in [-0.1, -0.05) is 6.92 Å². The van der Waals surface area contributed by atoms with Crippen LogP contribution in [0.15, 0.2) is 0 Å². The van der Waals surface area contributed by atoms with E-state index in [-0.39, 0.29) is 6.04 Å². The normalized spacial score (nSPS) is 25.7. The zero-order valence-electron chi connectivity index (χ0n) is 7.88. The molecule has 0 amide bonds. The Bertz CT molecular complexity index is 167. The highest BCUT2D eigenvalue weighted by Gasteiger charge is 2.24. The highest BCUT2D eigenvalue weighted by atomic mass is 15.2. The van der Waals surface area contributed by atoms with E-state index in [4.69, 9.17) is 5.26 Å². The number of nitriles is 1. The minimum absolute atomic E-state index is 0.0555. The molecule has 0 aromatic carbocycles. The van der Waals surface area contributed by atoms with E-state index in [2.05, 4.69) is 23.2 Å². The fourth-order valence-electron chi connectivity index (χ4n) is 1.84. The van der Waals surface area contributed by atoms with Crippen LogP contribution < -0.4 is 5.32 Å². The maximum Gasteiger partial charge on any atom is 0.0952 e. The lowest BCUT2D eigenvalue weighted by atomic mass is 10.2. The van der Waals surface area contributed by atoms with Gasteiger partial charge in [-0.3, -0.25) is 4.90 Å². The van der Waals surface area contributed by atoms with Gasteiger partial charge in [0.1, 0.15) is 0 Å². The standard InChI is InChI=1S/C9H17N3/c1-3-12(8(2)6-10)9-4-5-11-7-9/h8-9,11H,3-5,7H2,1-2H3. The van der Waals surface area contributed by atoms with Gasteiger partial charge in [-0.15, -0.1) is 0 Å². The maximum atomic E-state index is 8.78. The van der Waals surface area contributed by atoms with Crippen molar-refractivity contribution >= 4 is 0 Å². The van der Waals surface area contributed by atoms with Crippen molar-refractivity contribution in [3.63, 3.8) is 0 Å². The van der Waals surface area contributed by atoms with Crippen LogP contribution in [0.25, 0.3) is 0 Å². The average Bonchev–Trinajstić information content (AvgIpc) is 2.58. The smallest absolute Gasteiger partial charge is 0.0952 e. The Hall–Kier alpha value is -0.590. The molecule has 0 spiro atoms. The molecule has 0 bridgehead atoms. The van der Waals surface area contributed by atoms with Crippen LogP contribution in [0.1, 0.15) is 20.3 Å². The predicted molar refractivity (Wildman–Crippen MR) is 48.7 cm³/mol. The SMILES string of the molecule is CCN(C(C)C#N)C1CCNC1. The van der Waals surface area contributed by atoms with E-state index in [1.807, 2.05) is 6.92 Å². The van der Waals surface area contributed by atoms with Crippen molar-refractivity contribution in [3.8, 4) is 6.07 Å². The molecule has 0 aliphatic carbocycles. The van der Waals surface area contributed by atoms with Crippen molar-refractivity contribution in [2.75, 3.05) is 19.6 Å². The summed E-state index contributed by atoms with van der Waals surface area (Å²) in [6.07, 6.45) is 1.18. The van der Waals surface area contributed by atoms with Gasteiger partial charge in [0.2, 0.25) is 0 Å². The van der Waals surface area contributed by atoms with Gasteiger partial charge in [0.05, 0.1) is 12.1 Å². The van der Waals surface area contributed by atoms with Gasteiger partial charge in [-0.05, 0) is 26.4 Å². The Labute approximate surface area is 74.4 Å². The summed E-state index contributed by atoms with van der Waals surface area (Å²) in [6.45, 7) is 7.20. The summed E-state index contributed by atoms with van der Waals surface area (Å²) in [7, 11) is 0. The Morgan fingerprint density at radius 1 is 1.75 bits per heavy atom. The van der Waals surface area contributed by atoms with Gasteiger partial charge in [0, 0.05) is 12.6 Å². The number of rotatable bonds is 3. The molecule has 12 heavy (non-hydrogen) atoms. The fourth-order valence-corrected chi connectivity index (χ4v) is 1.84. The molecule has 2 atom stereocenters. The summed E-state index contributed by atoms with van der Waals surface area (Å²) in [5.41, 5.74) is 0. The molecule has 0 radical (unpaired) electrons. The molecule has 1 saturated heterocycles. The summed E-state index contributed by atoms with van der Waals surface area (Å²) >= 11 is 0. The number of hydrogen-bond acceptors (Lipinski definition) is 3. The van der Waals surface area contributed by atoms with E-state index in [9.17, 15) is 0 Å². The second kappa shape index (κ2) is 4.44. The van der Waals surface area contributed by atoms with Crippen LogP contribution in [0, 0.1) is 11.3 Å². The first kappa shape index (κ1) is 9.50. The Kier molecular flexibility index (Phi) is 3.51. The molecule has 68 valence electrons. The minimum atomic E-state index is 0.0555. The lowest BCUT2D eigenvalue weighted by Crippen LogP contribution is -2.42. The summed E-state index contributed by atoms with van der Waals surface area (Å²) in [6, 6.07) is 2.92. The molecular weight excluding hydrogens is 150 g/mol. The van der Waals surface area contributed by atoms with Crippen LogP contribution >= 0.6 is 0 Å². The van der Waals surface area contributed by atoms with Crippen molar-refractivity contribution in [1.29, 1.82) is 5.26 Å². The van der Waals surface area contributed by atoms with Crippen LogP contribution in [0.2, 0.25) is 0 Å². The summed E-state index contributed by atoms with van der Waals surface area (Å²) in [5.74, 6) is 0. The first-order valence-electron chi connectivity index (χ1n) is 4.65. The minimum Gasteiger partial charge on any atom is -0.315 e. The molecule has 1 aliphatic heterocycles. The van der Waals surface area contributed by atoms with E-state index in [0.717, 1.165) is 19.6 Å². The largest absolute Gasteiger partial charge is 0.315 e. The number of nitrogens with one attached hydrogen (secondary N) is 1. The van der Waals surface area contributed by atoms with E-state index >= 15 is 0 Å². The topological polar surface area (TPSA) is 39.1 Å². The van der Waals surface area contributed by atoms with Crippen LogP contribution in [-0.4, -0.2) is 36.6 Å². The van der Waals surface area contributed by atoms with Crippen molar-refractivity contribution < 1.29 is 0 Å². The molecule has 1 N–H and O–H groups in total. The lowest BCUT2D eigenvalue weighted by Gasteiger charge is -2.28. The average molecular weight is 167 g/mol. The number of nitrogens with zero attached hydrogens (tertiary/aromatic N) is 2. The summed E-state index contributed by atoms with van der Waals surface area (Å²) < 4.78 is 0. The predicted octanol–water partition coefficient (Wildman–Crippen LogP) is 0.582. The Morgan fingerprint density at radius 3 is 2.92 bits per heavy atom. The van der Waals surface area contributed by atoms with Gasteiger partial charge in [0.15, 0.2) is 0 Å². The van der Waals surface area contributed by atoms with Crippen LogP contribution in [0.5, 0.6) is 0 Å². The molecule has 1 aliphatic rings. The monoisotopic (exact) mass is 167 g/mol. The van der Waals surface area contributed by atoms with Crippen molar-refractivity contribution in [2.45, 2.75) is 32.4 Å². The first-order chi connectivity index (χ1) is 5.79. The van der Waals surface area contributed by atoms with E-state index in [0.29, 0.717) is 6.04 Å². The molecule has 1 fully saturated rings. The lowest BCUT2D eigenvalue weighted by molar-refractivity contribution is 0.194. The molecule has 0 saturated carbocycles. The summed E-state index contributed by atoms with van der Waals surface area (Å²) in [5, 5.41) is 12.1. The van der Waals surface area contributed by atoms with Crippen LogP contribution in [-0.2, 0) is 0 Å². The van der Waals surface area contributed by atoms with Gasteiger partial charge >= 0.3 is 0 Å². The molecule has 3 nitrogen and oxygen atoms in total. The zero-order valence-corrected chi connectivity index (χ0v) is 7.88. The molecule has 0 aromatic heterocycles. The maximum absolute atomic E-state index is 8.78. The van der Waals surface area contributed by atoms with Crippen LogP contribution in [0.4, 0.5) is 0 Å². The van der Waals surface area contributed by atoms with E-state index in [1.165, 1.54) is 6.42 Å². The van der Waals surface area contributed by atoms with Crippen molar-refractivity contribution in [1.82, 2.24) is 10.2 Å². The van der Waals surface area contributed by atoms with Crippen molar-refractivity contribution in [3.05, 3.63) is 0 Å². The zero-order chi connectivity index (χ0) is 8.97. The van der Waals surface area contributed by atoms with Crippen molar-refractivity contribution in [2.24, 2.45) is 0 Å². The molecule has 2 unspecified atom stereocenters. The molecule has 1 heterocycles. The Morgan fingerprint density at radius 2 is 2.50 bits per heavy atom. The molecule has 1 rings (SSSR count). The first-order valence-corrected chi connectivity index (χ1v) is 4.65. The molecule has 3 heteroatoms. The molecular formula is C9H17N3. The third-order valence-corrected chi connectivity index (χ3v) is 2.55. The number of hydrogen-bond donors (Lipinski definition) is 1. The van der Waals surface area contributed by atoms with Gasteiger partial charge in [-0.25, -0.2) is 0 Å². The highest BCUT2D eigenvalue weighted by Crippen LogP contribution is 2.11. The fraction of sp³-hybridized carbons (Fsp3) is 0.889. The molecule has 0 aromatic rings. The third kappa shape index (κ3) is 1.96. The van der Waals surface area contributed by atoms with Gasteiger partial charge in [-0.2, -0.15) is 5.26 Å². The van der Waals surface area contributed by atoms with Gasteiger partial charge < -0.3 is 5.32 Å².